The average molecular weight is 336 g/mol. The molecule has 0 atom stereocenters. The maximum atomic E-state index is 5.50. The Kier molecular flexibility index (Phi) is 5.26. The van der Waals surface area contributed by atoms with E-state index in [9.17, 15) is 0 Å². The third kappa shape index (κ3) is 2.88. The van der Waals surface area contributed by atoms with E-state index in [4.69, 9.17) is 93.1 Å². The van der Waals surface area contributed by atoms with Gasteiger partial charge in [-0.3, -0.25) is 0 Å². The Bertz CT molecular complexity index is 158. The van der Waals surface area contributed by atoms with Crippen molar-refractivity contribution in [2.45, 2.75) is 12.6 Å². The van der Waals surface area contributed by atoms with Gasteiger partial charge in [0.1, 0.15) is 0 Å². The van der Waals surface area contributed by atoms with Gasteiger partial charge in [-0.25, -0.2) is 4.29 Å². The highest BCUT2D eigenvalue weighted by Crippen LogP contribution is 2.56. The second-order valence-corrected chi connectivity index (χ2v) is 6.69. The van der Waals surface area contributed by atoms with Gasteiger partial charge in [-0.1, -0.05) is 81.2 Å². The Labute approximate surface area is 109 Å². The molecule has 12 heavy (non-hydrogen) atoms. The third-order valence-corrected chi connectivity index (χ3v) is 4.85. The smallest absolute Gasteiger partial charge is 0.236 e. The van der Waals surface area contributed by atoms with E-state index in [0.29, 0.717) is 0 Å². The molecule has 0 heterocycles. The normalized spacial score (nSPS) is 15.0. The number of hydrogen-bond acceptors (Lipinski definition) is 1. The van der Waals surface area contributed by atoms with Crippen molar-refractivity contribution in [2.24, 2.45) is 0 Å². The van der Waals surface area contributed by atoms with E-state index in [0.717, 1.165) is 0 Å². The van der Waals surface area contributed by atoms with Crippen molar-refractivity contribution < 1.29 is 4.29 Å². The number of hydrogen-bond donors (Lipinski definition) is 0. The molecular weight excluding hydrogens is 336 g/mol. The van der Waals surface area contributed by atoms with Gasteiger partial charge in [0.05, 0.1) is 11.9 Å². The molecule has 9 heteroatoms. The van der Waals surface area contributed by atoms with Crippen LogP contribution in [-0.2, 0) is 4.29 Å². The molecule has 0 N–H and O–H groups in total. The molecule has 0 aromatic rings. The summed E-state index contributed by atoms with van der Waals surface area (Å²) in [5.74, 6) is 0. The minimum absolute atomic E-state index is 2.14. The number of rotatable bonds is 2. The Balaban J connectivity index is 4.85. The van der Waals surface area contributed by atoms with Gasteiger partial charge in [0, 0.05) is 0 Å². The highest BCUT2D eigenvalue weighted by Gasteiger charge is 2.61. The molecule has 0 unspecified atom stereocenters. The fraction of sp³-hybridized carbons (Fsp3) is 1.00. The van der Waals surface area contributed by atoms with Crippen LogP contribution in [0.4, 0.5) is 0 Å². The van der Waals surface area contributed by atoms with Crippen LogP contribution >= 0.6 is 93.1 Å². The molecule has 0 aromatic heterocycles. The van der Waals surface area contributed by atoms with E-state index in [2.05, 4.69) is 4.29 Å². The monoisotopic (exact) mass is 332 g/mol. The van der Waals surface area contributed by atoms with Crippen LogP contribution in [0, 0.1) is 0 Å². The summed E-state index contributed by atoms with van der Waals surface area (Å²) in [6, 6.07) is 0. The quantitative estimate of drug-likeness (QED) is 0.657. The van der Waals surface area contributed by atoms with E-state index < -0.39 is 12.6 Å². The molecule has 1 nitrogen and oxygen atoms in total. The number of alkyl halides is 7. The number of halogens is 8. The predicted octanol–water partition coefficient (Wildman–Crippen LogP) is 4.83. The predicted molar refractivity (Wildman–Crippen MR) is 56.1 cm³/mol. The lowest BCUT2D eigenvalue weighted by Crippen LogP contribution is -2.47. The zero-order valence-electron chi connectivity index (χ0n) is 4.93. The van der Waals surface area contributed by atoms with Crippen molar-refractivity contribution in [3.05, 3.63) is 0 Å². The van der Waals surface area contributed by atoms with Crippen molar-refractivity contribution in [1.82, 2.24) is 0 Å². The minimum atomic E-state index is -2.23. The van der Waals surface area contributed by atoms with Crippen LogP contribution in [0.3, 0.4) is 0 Å². The van der Waals surface area contributed by atoms with E-state index in [1.54, 1.807) is 0 Å². The molecule has 74 valence electrons. The Morgan fingerprint density at radius 1 is 0.750 bits per heavy atom. The van der Waals surface area contributed by atoms with E-state index >= 15 is 0 Å². The SMILES string of the molecule is ClOC(Cl)(Cl)C(Cl)(Cl)C(Cl)(Cl)Cl. The maximum Gasteiger partial charge on any atom is 0.273 e. The largest absolute Gasteiger partial charge is 0.273 e. The van der Waals surface area contributed by atoms with E-state index in [1.165, 1.54) is 0 Å². The minimum Gasteiger partial charge on any atom is -0.236 e. The zero-order valence-corrected chi connectivity index (χ0v) is 11.0. The first kappa shape index (κ1) is 14.3. The van der Waals surface area contributed by atoms with Crippen LogP contribution < -0.4 is 0 Å². The molecule has 0 aliphatic rings. The van der Waals surface area contributed by atoms with Crippen LogP contribution in [0.5, 0.6) is 0 Å². The highest BCUT2D eigenvalue weighted by atomic mass is 35.6. The Hall–Kier alpha value is 2.28. The van der Waals surface area contributed by atoms with Gasteiger partial charge in [0.2, 0.25) is 8.13 Å². The van der Waals surface area contributed by atoms with Gasteiger partial charge >= 0.3 is 0 Å². The van der Waals surface area contributed by atoms with Gasteiger partial charge in [-0.05, 0) is 0 Å². The standard InChI is InChI=1S/C3Cl8O/c4-1(5,2(6,7)8)3(9,10)12-11. The van der Waals surface area contributed by atoms with Crippen molar-refractivity contribution >= 4 is 93.1 Å². The molecule has 0 rings (SSSR count). The summed E-state index contributed by atoms with van der Waals surface area (Å²) < 4.78 is -2.56. The summed E-state index contributed by atoms with van der Waals surface area (Å²) in [4.78, 5) is 0. The van der Waals surface area contributed by atoms with Crippen LogP contribution in [0.1, 0.15) is 0 Å². The van der Waals surface area contributed by atoms with E-state index in [-0.39, 0.29) is 0 Å². The first-order chi connectivity index (χ1) is 5.06. The van der Waals surface area contributed by atoms with Crippen LogP contribution in [0.25, 0.3) is 0 Å². The van der Waals surface area contributed by atoms with Gasteiger partial charge < -0.3 is 0 Å². The molecule has 0 spiro atoms. The lowest BCUT2D eigenvalue weighted by atomic mass is 10.5. The lowest BCUT2D eigenvalue weighted by molar-refractivity contribution is 0.246. The lowest BCUT2D eigenvalue weighted by Gasteiger charge is -2.34. The van der Waals surface area contributed by atoms with Gasteiger partial charge in [-0.15, -0.1) is 0 Å². The first-order valence-electron chi connectivity index (χ1n) is 2.18. The van der Waals surface area contributed by atoms with Gasteiger partial charge in [0.15, 0.2) is 0 Å². The molecule has 0 saturated carbocycles. The van der Waals surface area contributed by atoms with Crippen molar-refractivity contribution in [2.75, 3.05) is 0 Å². The molecule has 0 aliphatic heterocycles. The summed E-state index contributed by atoms with van der Waals surface area (Å²) in [6.45, 7) is 0. The zero-order chi connectivity index (χ0) is 10.2. The summed E-state index contributed by atoms with van der Waals surface area (Å²) in [5.41, 5.74) is 0. The van der Waals surface area contributed by atoms with Crippen LogP contribution in [0.2, 0.25) is 0 Å². The fourth-order valence-electron chi connectivity index (χ4n) is 0.213. The first-order valence-corrected chi connectivity index (χ1v) is 5.14. The Morgan fingerprint density at radius 3 is 1.17 bits per heavy atom. The third-order valence-electron chi connectivity index (χ3n) is 0.818. The summed E-state index contributed by atoms with van der Waals surface area (Å²) in [7, 11) is 0. The molecular formula is C3Cl8O. The van der Waals surface area contributed by atoms with E-state index in [1.807, 2.05) is 0 Å². The Morgan fingerprint density at radius 2 is 1.08 bits per heavy atom. The maximum absolute atomic E-state index is 5.50. The molecule has 0 aliphatic carbocycles. The van der Waals surface area contributed by atoms with Gasteiger partial charge in [-0.2, -0.15) is 0 Å². The topological polar surface area (TPSA) is 9.23 Å². The molecule has 0 aromatic carbocycles. The second-order valence-electron chi connectivity index (χ2n) is 1.67. The molecule has 0 fully saturated rings. The van der Waals surface area contributed by atoms with Crippen molar-refractivity contribution in [1.29, 1.82) is 0 Å². The summed E-state index contributed by atoms with van der Waals surface area (Å²) in [5, 5.41) is 0. The second kappa shape index (κ2) is 4.42. The summed E-state index contributed by atoms with van der Waals surface area (Å²) in [6.07, 6.45) is 0. The fourth-order valence-corrected chi connectivity index (χ4v) is 1.46. The van der Waals surface area contributed by atoms with Crippen LogP contribution in [0.15, 0.2) is 0 Å². The average Bonchev–Trinajstić information content (AvgIpc) is 1.85. The highest BCUT2D eigenvalue weighted by molar-refractivity contribution is 6.78. The van der Waals surface area contributed by atoms with Gasteiger partial charge in [0.25, 0.3) is 4.52 Å². The van der Waals surface area contributed by atoms with Crippen LogP contribution in [-0.4, -0.2) is 12.6 Å². The molecule has 0 amide bonds. The molecule has 0 radical (unpaired) electrons. The molecule has 0 bridgehead atoms. The van der Waals surface area contributed by atoms with Crippen molar-refractivity contribution in [3.8, 4) is 0 Å². The molecule has 0 saturated heterocycles. The van der Waals surface area contributed by atoms with Crippen molar-refractivity contribution in [3.63, 3.8) is 0 Å². The summed E-state index contributed by atoms with van der Waals surface area (Å²) >= 11 is 42.7.